The maximum atomic E-state index is 12.0. The van der Waals surface area contributed by atoms with Gasteiger partial charge in [-0.3, -0.25) is 4.79 Å². The standard InChI is InChI=1S/C20H19NO5/c1-14(20(23)21-16-5-3-2-4-6-16)26-19(22)10-8-15-7-9-17-18(13-15)25-12-11-24-17/h2-10,13-14H,11-12H2,1H3,(H,21,23)/b10-8+/t14-/m1/s1. The molecule has 0 saturated heterocycles. The molecule has 0 fully saturated rings. The van der Waals surface area contributed by atoms with Gasteiger partial charge in [0.1, 0.15) is 13.2 Å². The molecule has 0 bridgehead atoms. The molecule has 6 heteroatoms. The summed E-state index contributed by atoms with van der Waals surface area (Å²) in [7, 11) is 0. The molecule has 0 radical (unpaired) electrons. The Bertz CT molecular complexity index is 816. The molecule has 0 saturated carbocycles. The van der Waals surface area contributed by atoms with Gasteiger partial charge in [-0.05, 0) is 42.8 Å². The molecule has 1 amide bonds. The smallest absolute Gasteiger partial charge is 0.331 e. The van der Waals surface area contributed by atoms with Crippen LogP contribution in [0.3, 0.4) is 0 Å². The summed E-state index contributed by atoms with van der Waals surface area (Å²) in [5.74, 6) is 0.331. The van der Waals surface area contributed by atoms with Crippen molar-refractivity contribution >= 4 is 23.6 Å². The number of carbonyl (C=O) groups excluding carboxylic acids is 2. The third-order valence-electron chi connectivity index (χ3n) is 3.68. The number of nitrogens with one attached hydrogen (secondary N) is 1. The second kappa shape index (κ2) is 8.20. The lowest BCUT2D eigenvalue weighted by molar-refractivity contribution is -0.148. The molecule has 0 aliphatic carbocycles. The molecular formula is C20H19NO5. The third kappa shape index (κ3) is 4.63. The quantitative estimate of drug-likeness (QED) is 0.661. The Hall–Kier alpha value is -3.28. The van der Waals surface area contributed by atoms with Crippen molar-refractivity contribution in [1.82, 2.24) is 0 Å². The van der Waals surface area contributed by atoms with Crippen molar-refractivity contribution in [1.29, 1.82) is 0 Å². The van der Waals surface area contributed by atoms with Gasteiger partial charge in [0, 0.05) is 11.8 Å². The normalized spacial score (nSPS) is 13.9. The van der Waals surface area contributed by atoms with Crippen LogP contribution in [0.1, 0.15) is 12.5 Å². The lowest BCUT2D eigenvalue weighted by Gasteiger charge is -2.18. The summed E-state index contributed by atoms with van der Waals surface area (Å²) in [4.78, 5) is 24.0. The first-order chi connectivity index (χ1) is 12.6. The molecule has 1 N–H and O–H groups in total. The zero-order chi connectivity index (χ0) is 18.4. The van der Waals surface area contributed by atoms with E-state index in [1.807, 2.05) is 24.3 Å². The van der Waals surface area contributed by atoms with Crippen LogP contribution in [0.5, 0.6) is 11.5 Å². The average molecular weight is 353 g/mol. The third-order valence-corrected chi connectivity index (χ3v) is 3.68. The zero-order valence-corrected chi connectivity index (χ0v) is 14.3. The highest BCUT2D eigenvalue weighted by Gasteiger charge is 2.16. The Labute approximate surface area is 151 Å². The first-order valence-corrected chi connectivity index (χ1v) is 8.26. The minimum atomic E-state index is -0.910. The van der Waals surface area contributed by atoms with E-state index >= 15 is 0 Å². The second-order valence-corrected chi connectivity index (χ2v) is 5.67. The summed E-state index contributed by atoms with van der Waals surface area (Å²) >= 11 is 0. The van der Waals surface area contributed by atoms with E-state index in [1.54, 1.807) is 30.3 Å². The molecule has 0 aromatic heterocycles. The number of anilines is 1. The SMILES string of the molecule is C[C@@H](OC(=O)/C=C/c1ccc2c(c1)OCCO2)C(=O)Nc1ccccc1. The lowest BCUT2D eigenvalue weighted by Crippen LogP contribution is -2.29. The fraction of sp³-hybridized carbons (Fsp3) is 0.200. The van der Waals surface area contributed by atoms with Gasteiger partial charge in [0.25, 0.3) is 5.91 Å². The minimum Gasteiger partial charge on any atom is -0.486 e. The first kappa shape index (κ1) is 17.5. The molecule has 0 spiro atoms. The van der Waals surface area contributed by atoms with Gasteiger partial charge in [0.2, 0.25) is 0 Å². The first-order valence-electron chi connectivity index (χ1n) is 8.26. The summed E-state index contributed by atoms with van der Waals surface area (Å²) in [6, 6.07) is 14.4. The summed E-state index contributed by atoms with van der Waals surface area (Å²) in [6.45, 7) is 2.54. The van der Waals surface area contributed by atoms with Gasteiger partial charge >= 0.3 is 5.97 Å². The molecule has 1 aliphatic heterocycles. The molecule has 0 unspecified atom stereocenters. The lowest BCUT2D eigenvalue weighted by atomic mass is 10.2. The molecule has 2 aromatic rings. The van der Waals surface area contributed by atoms with Crippen LogP contribution < -0.4 is 14.8 Å². The Morgan fingerprint density at radius 1 is 1.08 bits per heavy atom. The molecule has 26 heavy (non-hydrogen) atoms. The van der Waals surface area contributed by atoms with Crippen LogP contribution in [0.2, 0.25) is 0 Å². The van der Waals surface area contributed by atoms with E-state index in [0.717, 1.165) is 5.56 Å². The average Bonchev–Trinajstić information content (AvgIpc) is 2.67. The molecular weight excluding hydrogens is 334 g/mol. The number of esters is 1. The van der Waals surface area contributed by atoms with E-state index in [2.05, 4.69) is 5.32 Å². The van der Waals surface area contributed by atoms with Crippen molar-refractivity contribution in [2.45, 2.75) is 13.0 Å². The summed E-state index contributed by atoms with van der Waals surface area (Å²) in [5, 5.41) is 2.68. The fourth-order valence-electron chi connectivity index (χ4n) is 2.36. The number of carbonyl (C=O) groups is 2. The van der Waals surface area contributed by atoms with Gasteiger partial charge in [0.15, 0.2) is 17.6 Å². The number of hydrogen-bond donors (Lipinski definition) is 1. The highest BCUT2D eigenvalue weighted by Crippen LogP contribution is 2.31. The molecule has 1 heterocycles. The monoisotopic (exact) mass is 353 g/mol. The highest BCUT2D eigenvalue weighted by atomic mass is 16.6. The Morgan fingerprint density at radius 2 is 1.81 bits per heavy atom. The maximum absolute atomic E-state index is 12.0. The fourth-order valence-corrected chi connectivity index (χ4v) is 2.36. The van der Waals surface area contributed by atoms with E-state index in [9.17, 15) is 9.59 Å². The molecule has 134 valence electrons. The van der Waals surface area contributed by atoms with Gasteiger partial charge < -0.3 is 19.5 Å². The highest BCUT2D eigenvalue weighted by molar-refractivity contribution is 5.96. The van der Waals surface area contributed by atoms with Gasteiger partial charge in [-0.15, -0.1) is 0 Å². The van der Waals surface area contributed by atoms with Crippen molar-refractivity contribution in [2.75, 3.05) is 18.5 Å². The van der Waals surface area contributed by atoms with E-state index in [0.29, 0.717) is 30.4 Å². The molecule has 1 aliphatic rings. The second-order valence-electron chi connectivity index (χ2n) is 5.67. The minimum absolute atomic E-state index is 0.391. The van der Waals surface area contributed by atoms with Crippen LogP contribution in [0, 0.1) is 0 Å². The van der Waals surface area contributed by atoms with Crippen LogP contribution in [0.4, 0.5) is 5.69 Å². The van der Waals surface area contributed by atoms with Crippen molar-refractivity contribution in [3.63, 3.8) is 0 Å². The summed E-state index contributed by atoms with van der Waals surface area (Å²) < 4.78 is 16.1. The number of hydrogen-bond acceptors (Lipinski definition) is 5. The van der Waals surface area contributed by atoms with Crippen molar-refractivity contribution in [3.8, 4) is 11.5 Å². The molecule has 3 rings (SSSR count). The van der Waals surface area contributed by atoms with Crippen molar-refractivity contribution in [3.05, 3.63) is 60.2 Å². The largest absolute Gasteiger partial charge is 0.486 e. The number of ether oxygens (including phenoxy) is 3. The molecule has 6 nitrogen and oxygen atoms in total. The van der Waals surface area contributed by atoms with Gasteiger partial charge in [0.05, 0.1) is 0 Å². The number of rotatable bonds is 5. The molecule has 1 atom stereocenters. The van der Waals surface area contributed by atoms with Crippen molar-refractivity contribution < 1.29 is 23.8 Å². The van der Waals surface area contributed by atoms with Crippen LogP contribution in [0.15, 0.2) is 54.6 Å². The maximum Gasteiger partial charge on any atom is 0.331 e. The summed E-state index contributed by atoms with van der Waals surface area (Å²) in [5.41, 5.74) is 1.42. The number of benzene rings is 2. The van der Waals surface area contributed by atoms with E-state index in [4.69, 9.17) is 14.2 Å². The van der Waals surface area contributed by atoms with Crippen LogP contribution in [0.25, 0.3) is 6.08 Å². The van der Waals surface area contributed by atoms with Gasteiger partial charge in [-0.2, -0.15) is 0 Å². The van der Waals surface area contributed by atoms with E-state index in [1.165, 1.54) is 13.0 Å². The number of amides is 1. The Balaban J connectivity index is 1.54. The zero-order valence-electron chi connectivity index (χ0n) is 14.3. The van der Waals surface area contributed by atoms with Crippen LogP contribution in [-0.2, 0) is 14.3 Å². The van der Waals surface area contributed by atoms with Gasteiger partial charge in [-0.1, -0.05) is 24.3 Å². The topological polar surface area (TPSA) is 73.9 Å². The van der Waals surface area contributed by atoms with Crippen molar-refractivity contribution in [2.24, 2.45) is 0 Å². The molecule has 2 aromatic carbocycles. The Morgan fingerprint density at radius 3 is 2.58 bits per heavy atom. The summed E-state index contributed by atoms with van der Waals surface area (Å²) in [6.07, 6.45) is 1.97. The van der Waals surface area contributed by atoms with E-state index in [-0.39, 0.29) is 0 Å². The predicted molar refractivity (Wildman–Crippen MR) is 97.1 cm³/mol. The van der Waals surface area contributed by atoms with E-state index < -0.39 is 18.0 Å². The Kier molecular flexibility index (Phi) is 5.53. The van der Waals surface area contributed by atoms with Crippen LogP contribution in [-0.4, -0.2) is 31.2 Å². The number of para-hydroxylation sites is 1. The predicted octanol–water partition coefficient (Wildman–Crippen LogP) is 3.04. The number of fused-ring (bicyclic) bond motifs is 1. The van der Waals surface area contributed by atoms with Crippen LogP contribution >= 0.6 is 0 Å². The van der Waals surface area contributed by atoms with Gasteiger partial charge in [-0.25, -0.2) is 4.79 Å².